The second kappa shape index (κ2) is 8.75. The van der Waals surface area contributed by atoms with Crippen LogP contribution >= 0.6 is 11.3 Å². The van der Waals surface area contributed by atoms with Crippen LogP contribution in [0.5, 0.6) is 0 Å². The number of rotatable bonds is 6. The summed E-state index contributed by atoms with van der Waals surface area (Å²) in [5.74, 6) is -0.515. The van der Waals surface area contributed by atoms with Gasteiger partial charge in [-0.3, -0.25) is 4.90 Å². The predicted octanol–water partition coefficient (Wildman–Crippen LogP) is 2.47. The minimum absolute atomic E-state index is 0.0554. The molecule has 0 saturated carbocycles. The van der Waals surface area contributed by atoms with Gasteiger partial charge in [0.05, 0.1) is 0 Å². The van der Waals surface area contributed by atoms with Crippen molar-refractivity contribution in [3.8, 4) is 0 Å². The number of esters is 1. The maximum absolute atomic E-state index is 12.7. The number of ether oxygens (including phenoxy) is 2. The van der Waals surface area contributed by atoms with Gasteiger partial charge in [0.2, 0.25) is 0 Å². The zero-order valence-corrected chi connectivity index (χ0v) is 17.8. The summed E-state index contributed by atoms with van der Waals surface area (Å²) in [5.41, 5.74) is 0.856. The average Bonchev–Trinajstić information content (AvgIpc) is 3.43. The third-order valence-electron chi connectivity index (χ3n) is 5.31. The van der Waals surface area contributed by atoms with E-state index in [1.807, 2.05) is 30.3 Å². The molecule has 1 atom stereocenters. The summed E-state index contributed by atoms with van der Waals surface area (Å²) in [6, 6.07) is 11.5. The van der Waals surface area contributed by atoms with Crippen LogP contribution in [-0.2, 0) is 30.9 Å². The van der Waals surface area contributed by atoms with Crippen LogP contribution in [0, 0.1) is 0 Å². The molecule has 2 aromatic rings. The lowest BCUT2D eigenvalue weighted by Gasteiger charge is -2.36. The van der Waals surface area contributed by atoms with E-state index in [1.54, 1.807) is 17.5 Å². The van der Waals surface area contributed by atoms with Gasteiger partial charge >= 0.3 is 12.1 Å². The van der Waals surface area contributed by atoms with Gasteiger partial charge in [0, 0.05) is 19.1 Å². The largest absolute Gasteiger partial charge is 0.459 e. The fourth-order valence-electron chi connectivity index (χ4n) is 3.74. The topological polar surface area (TPSA) is 93.2 Å². The SMILES string of the molecule is O=C(OCc1ccccc1)[C@@H]1COC(=O)N1C1CCN(S(=O)(=O)c2cccs2)CC1. The highest BCUT2D eigenvalue weighted by atomic mass is 32.2. The number of benzene rings is 1. The Bertz CT molecular complexity index is 986. The van der Waals surface area contributed by atoms with Crippen molar-refractivity contribution in [3.63, 3.8) is 0 Å². The molecule has 2 fully saturated rings. The molecule has 0 unspecified atom stereocenters. The number of carbonyl (C=O) groups excluding carboxylic acids is 2. The van der Waals surface area contributed by atoms with E-state index >= 15 is 0 Å². The number of thiophene rings is 1. The number of nitrogens with zero attached hydrogens (tertiary/aromatic N) is 2. The summed E-state index contributed by atoms with van der Waals surface area (Å²) in [6.45, 7) is 0.622. The second-order valence-electron chi connectivity index (χ2n) is 7.16. The molecular weight excluding hydrogens is 428 g/mol. The van der Waals surface area contributed by atoms with Crippen molar-refractivity contribution in [1.82, 2.24) is 9.21 Å². The Morgan fingerprint density at radius 2 is 1.87 bits per heavy atom. The summed E-state index contributed by atoms with van der Waals surface area (Å²) in [4.78, 5) is 26.3. The van der Waals surface area contributed by atoms with Crippen LogP contribution in [0.25, 0.3) is 0 Å². The first-order valence-corrected chi connectivity index (χ1v) is 12.0. The monoisotopic (exact) mass is 450 g/mol. The molecule has 30 heavy (non-hydrogen) atoms. The molecule has 1 amide bonds. The lowest BCUT2D eigenvalue weighted by atomic mass is 10.0. The van der Waals surface area contributed by atoms with Crippen LogP contribution in [0.4, 0.5) is 4.79 Å². The highest BCUT2D eigenvalue weighted by molar-refractivity contribution is 7.91. The van der Waals surface area contributed by atoms with Crippen LogP contribution in [0.1, 0.15) is 18.4 Å². The van der Waals surface area contributed by atoms with Gasteiger partial charge < -0.3 is 9.47 Å². The number of carbonyl (C=O) groups is 2. The highest BCUT2D eigenvalue weighted by Crippen LogP contribution is 2.29. The molecule has 0 bridgehead atoms. The van der Waals surface area contributed by atoms with E-state index in [2.05, 4.69) is 0 Å². The number of piperidine rings is 1. The Balaban J connectivity index is 1.38. The number of cyclic esters (lactones) is 1. The molecule has 160 valence electrons. The smallest absolute Gasteiger partial charge is 0.410 e. The molecule has 8 nitrogen and oxygen atoms in total. The van der Waals surface area contributed by atoms with Gasteiger partial charge in [0.25, 0.3) is 10.0 Å². The van der Waals surface area contributed by atoms with Gasteiger partial charge in [0.15, 0.2) is 6.04 Å². The molecule has 2 aliphatic heterocycles. The maximum Gasteiger partial charge on any atom is 0.410 e. The van der Waals surface area contributed by atoms with Crippen LogP contribution in [0.3, 0.4) is 0 Å². The fraction of sp³-hybridized carbons (Fsp3) is 0.400. The van der Waals surface area contributed by atoms with Crippen molar-refractivity contribution in [3.05, 3.63) is 53.4 Å². The number of amides is 1. The van der Waals surface area contributed by atoms with Gasteiger partial charge in [-0.15, -0.1) is 11.3 Å². The average molecular weight is 451 g/mol. The Morgan fingerprint density at radius 3 is 2.53 bits per heavy atom. The number of hydrogen-bond acceptors (Lipinski definition) is 7. The Labute approximate surface area is 179 Å². The van der Waals surface area contributed by atoms with E-state index in [4.69, 9.17) is 9.47 Å². The first-order chi connectivity index (χ1) is 14.5. The second-order valence-corrected chi connectivity index (χ2v) is 10.3. The highest BCUT2D eigenvalue weighted by Gasteiger charge is 2.45. The van der Waals surface area contributed by atoms with Gasteiger partial charge in [0.1, 0.15) is 17.4 Å². The molecule has 2 aliphatic rings. The molecule has 1 aromatic carbocycles. The molecule has 0 N–H and O–H groups in total. The van der Waals surface area contributed by atoms with Crippen molar-refractivity contribution >= 4 is 33.4 Å². The van der Waals surface area contributed by atoms with Crippen molar-refractivity contribution in [2.75, 3.05) is 19.7 Å². The minimum atomic E-state index is -3.52. The quantitative estimate of drug-likeness (QED) is 0.628. The summed E-state index contributed by atoms with van der Waals surface area (Å²) < 4.78 is 37.6. The first-order valence-electron chi connectivity index (χ1n) is 9.66. The maximum atomic E-state index is 12.7. The zero-order valence-electron chi connectivity index (χ0n) is 16.2. The molecule has 3 heterocycles. The third-order valence-corrected chi connectivity index (χ3v) is 8.59. The van der Waals surface area contributed by atoms with Crippen molar-refractivity contribution in [1.29, 1.82) is 0 Å². The molecule has 0 aliphatic carbocycles. The molecule has 4 rings (SSSR count). The van der Waals surface area contributed by atoms with E-state index < -0.39 is 28.1 Å². The van der Waals surface area contributed by atoms with Crippen LogP contribution < -0.4 is 0 Å². The summed E-state index contributed by atoms with van der Waals surface area (Å²) in [5, 5.41) is 1.73. The summed E-state index contributed by atoms with van der Waals surface area (Å²) in [7, 11) is -3.52. The number of sulfonamides is 1. The molecule has 2 saturated heterocycles. The Kier molecular flexibility index (Phi) is 6.07. The van der Waals surface area contributed by atoms with Crippen molar-refractivity contribution < 1.29 is 27.5 Å². The van der Waals surface area contributed by atoms with Crippen LogP contribution in [0.2, 0.25) is 0 Å². The molecule has 10 heteroatoms. The molecule has 1 aromatic heterocycles. The lowest BCUT2D eigenvalue weighted by molar-refractivity contribution is -0.150. The Hall–Kier alpha value is -2.43. The third kappa shape index (κ3) is 4.21. The van der Waals surface area contributed by atoms with E-state index in [-0.39, 0.29) is 32.3 Å². The molecule has 0 radical (unpaired) electrons. The van der Waals surface area contributed by atoms with E-state index in [0.717, 1.165) is 5.56 Å². The van der Waals surface area contributed by atoms with Crippen molar-refractivity contribution in [2.45, 2.75) is 35.7 Å². The van der Waals surface area contributed by atoms with Gasteiger partial charge in [-0.1, -0.05) is 36.4 Å². The van der Waals surface area contributed by atoms with E-state index in [9.17, 15) is 18.0 Å². The first kappa shape index (κ1) is 20.8. The van der Waals surface area contributed by atoms with Gasteiger partial charge in [-0.05, 0) is 29.9 Å². The Morgan fingerprint density at radius 1 is 1.13 bits per heavy atom. The standard InChI is InChI=1S/C20H22N2O6S2/c23-19(27-13-15-5-2-1-3-6-15)17-14-28-20(24)22(17)16-8-10-21(11-9-16)30(25,26)18-7-4-12-29-18/h1-7,12,16-17H,8-11,13-14H2/t17-/m0/s1. The van der Waals surface area contributed by atoms with Gasteiger partial charge in [-0.2, -0.15) is 4.31 Å². The fourth-order valence-corrected chi connectivity index (χ4v) is 6.35. The van der Waals surface area contributed by atoms with Gasteiger partial charge in [-0.25, -0.2) is 18.0 Å². The van der Waals surface area contributed by atoms with E-state index in [0.29, 0.717) is 17.1 Å². The van der Waals surface area contributed by atoms with E-state index in [1.165, 1.54) is 20.5 Å². The molecular formula is C20H22N2O6S2. The predicted molar refractivity (Wildman–Crippen MR) is 109 cm³/mol. The molecule has 0 spiro atoms. The lowest BCUT2D eigenvalue weighted by Crippen LogP contribution is -2.51. The van der Waals surface area contributed by atoms with Crippen molar-refractivity contribution in [2.24, 2.45) is 0 Å². The summed E-state index contributed by atoms with van der Waals surface area (Å²) in [6.07, 6.45) is 0.306. The minimum Gasteiger partial charge on any atom is -0.459 e. The summed E-state index contributed by atoms with van der Waals surface area (Å²) >= 11 is 1.18. The number of hydrogen-bond donors (Lipinski definition) is 0. The normalized spacial score (nSPS) is 20.9. The van der Waals surface area contributed by atoms with Crippen LogP contribution in [-0.4, -0.2) is 61.5 Å². The zero-order chi connectivity index (χ0) is 21.1. The van der Waals surface area contributed by atoms with Crippen LogP contribution in [0.15, 0.2) is 52.1 Å².